The maximum Gasteiger partial charge on any atom is 0.250 e. The van der Waals surface area contributed by atoms with Gasteiger partial charge in [0.15, 0.2) is 0 Å². The zero-order chi connectivity index (χ0) is 22.4. The Morgan fingerprint density at radius 2 is 2.03 bits per heavy atom. The molecule has 4 heterocycles. The predicted octanol–water partition coefficient (Wildman–Crippen LogP) is 3.34. The molecule has 1 fully saturated rings. The Balaban J connectivity index is 1.34. The highest BCUT2D eigenvalue weighted by Gasteiger charge is 2.34. The summed E-state index contributed by atoms with van der Waals surface area (Å²) in [5.74, 6) is 2.29. The quantitative estimate of drug-likeness (QED) is 0.670. The van der Waals surface area contributed by atoms with E-state index in [0.717, 1.165) is 55.1 Å². The van der Waals surface area contributed by atoms with Crippen molar-refractivity contribution in [2.24, 2.45) is 18.9 Å². The summed E-state index contributed by atoms with van der Waals surface area (Å²) in [6.07, 6.45) is 1.67. The van der Waals surface area contributed by atoms with Gasteiger partial charge in [0.1, 0.15) is 5.82 Å². The number of rotatable bonds is 5. The minimum absolute atomic E-state index is 0.0368. The molecule has 5 rings (SSSR count). The van der Waals surface area contributed by atoms with Crippen molar-refractivity contribution < 1.29 is 4.79 Å². The van der Waals surface area contributed by atoms with Gasteiger partial charge in [0.25, 0.3) is 5.56 Å². The van der Waals surface area contributed by atoms with Gasteiger partial charge in [-0.1, -0.05) is 19.9 Å². The number of pyridine rings is 1. The van der Waals surface area contributed by atoms with E-state index in [1.165, 1.54) is 5.69 Å². The number of carbonyl (C=O) groups excluding carboxylic acids is 1. The summed E-state index contributed by atoms with van der Waals surface area (Å²) in [7, 11) is 2.06. The molecule has 32 heavy (non-hydrogen) atoms. The summed E-state index contributed by atoms with van der Waals surface area (Å²) < 4.78 is 4.12. The Morgan fingerprint density at radius 3 is 2.84 bits per heavy atom. The topological polar surface area (TPSA) is 72.2 Å². The fourth-order valence-electron chi connectivity index (χ4n) is 5.38. The van der Waals surface area contributed by atoms with Gasteiger partial charge in [0.05, 0.1) is 17.6 Å². The number of amides is 1. The summed E-state index contributed by atoms with van der Waals surface area (Å²) in [5, 5.41) is 2.99. The van der Waals surface area contributed by atoms with Gasteiger partial charge in [0, 0.05) is 56.5 Å². The average molecular weight is 434 g/mol. The number of piperidine rings is 1. The first-order valence-corrected chi connectivity index (χ1v) is 11.5. The van der Waals surface area contributed by atoms with Gasteiger partial charge in [-0.15, -0.1) is 0 Å². The van der Waals surface area contributed by atoms with Crippen LogP contribution in [0.25, 0.3) is 11.0 Å². The first kappa shape index (κ1) is 20.9. The summed E-state index contributed by atoms with van der Waals surface area (Å²) in [6.45, 7) is 7.60. The van der Waals surface area contributed by atoms with Crippen molar-refractivity contribution in [1.29, 1.82) is 0 Å². The van der Waals surface area contributed by atoms with Gasteiger partial charge in [0.2, 0.25) is 5.91 Å². The van der Waals surface area contributed by atoms with Crippen LogP contribution >= 0.6 is 0 Å². The van der Waals surface area contributed by atoms with Crippen LogP contribution in [-0.4, -0.2) is 38.0 Å². The highest BCUT2D eigenvalue weighted by atomic mass is 16.1. The molecule has 3 aromatic rings. The van der Waals surface area contributed by atoms with E-state index in [0.29, 0.717) is 24.2 Å². The lowest BCUT2D eigenvalue weighted by Crippen LogP contribution is -2.46. The zero-order valence-electron chi connectivity index (χ0n) is 19.0. The first-order chi connectivity index (χ1) is 15.4. The fraction of sp³-hybridized carbons (Fsp3) is 0.480. The maximum absolute atomic E-state index is 12.3. The van der Waals surface area contributed by atoms with Crippen LogP contribution in [0, 0.1) is 11.8 Å². The van der Waals surface area contributed by atoms with E-state index < -0.39 is 0 Å². The summed E-state index contributed by atoms with van der Waals surface area (Å²) in [4.78, 5) is 31.8. The van der Waals surface area contributed by atoms with Crippen molar-refractivity contribution in [3.63, 3.8) is 0 Å². The SMILES string of the molecule is CC(C)CC(=O)Nc1ccc2c(c1)nc(CN1C[C@@H]3C[C@@H](C1)c1cccc(=O)n1C3)n2C. The van der Waals surface area contributed by atoms with Gasteiger partial charge in [-0.2, -0.15) is 0 Å². The second-order valence-corrected chi connectivity index (χ2v) is 9.83. The molecule has 7 heteroatoms. The maximum atomic E-state index is 12.3. The number of benzene rings is 1. The number of carbonyl (C=O) groups is 1. The number of aromatic nitrogens is 3. The Morgan fingerprint density at radius 1 is 1.19 bits per heavy atom. The Labute approximate surface area is 188 Å². The molecule has 0 spiro atoms. The molecule has 1 saturated heterocycles. The summed E-state index contributed by atoms with van der Waals surface area (Å²) in [6, 6.07) is 11.6. The zero-order valence-corrected chi connectivity index (χ0v) is 19.0. The van der Waals surface area contributed by atoms with E-state index >= 15 is 0 Å². The number of nitrogens with zero attached hydrogens (tertiary/aromatic N) is 4. The highest BCUT2D eigenvalue weighted by Crippen LogP contribution is 2.35. The van der Waals surface area contributed by atoms with Crippen LogP contribution < -0.4 is 10.9 Å². The molecule has 7 nitrogen and oxygen atoms in total. The first-order valence-electron chi connectivity index (χ1n) is 11.5. The van der Waals surface area contributed by atoms with Crippen LogP contribution in [0.1, 0.15) is 44.1 Å². The molecule has 2 aromatic heterocycles. The van der Waals surface area contributed by atoms with Crippen molar-refractivity contribution in [2.45, 2.75) is 45.7 Å². The normalized spacial score (nSPS) is 20.5. The Kier molecular flexibility index (Phi) is 5.37. The molecule has 0 unspecified atom stereocenters. The minimum Gasteiger partial charge on any atom is -0.330 e. The lowest BCUT2D eigenvalue weighted by molar-refractivity contribution is -0.116. The molecule has 168 valence electrons. The number of nitrogens with one attached hydrogen (secondary N) is 1. The molecular formula is C25H31N5O2. The van der Waals surface area contributed by atoms with Crippen LogP contribution in [0.3, 0.4) is 0 Å². The molecule has 1 aromatic carbocycles. The third kappa shape index (κ3) is 3.97. The van der Waals surface area contributed by atoms with Crippen LogP contribution in [0.15, 0.2) is 41.2 Å². The molecule has 2 aliphatic heterocycles. The Bertz CT molecular complexity index is 1220. The molecule has 1 amide bonds. The molecule has 0 radical (unpaired) electrons. The minimum atomic E-state index is 0.0368. The molecule has 0 saturated carbocycles. The Hall–Kier alpha value is -2.93. The van der Waals surface area contributed by atoms with Gasteiger partial charge in [-0.25, -0.2) is 4.98 Å². The molecule has 2 aliphatic rings. The molecule has 1 N–H and O–H groups in total. The van der Waals surface area contributed by atoms with Crippen molar-refractivity contribution in [1.82, 2.24) is 19.0 Å². The standard InChI is InChI=1S/C25H31N5O2/c1-16(2)9-24(31)26-19-7-8-22-20(11-19)27-23(28(22)3)15-29-12-17-10-18(14-29)21-5-4-6-25(32)30(21)13-17/h4-8,11,16-18H,9-10,12-15H2,1-3H3,(H,26,31)/t17-,18-/m0/s1. The number of aryl methyl sites for hydroxylation is 1. The van der Waals surface area contributed by atoms with E-state index in [9.17, 15) is 9.59 Å². The average Bonchev–Trinajstić information content (AvgIpc) is 3.03. The van der Waals surface area contributed by atoms with Crippen molar-refractivity contribution in [2.75, 3.05) is 18.4 Å². The van der Waals surface area contributed by atoms with E-state index in [1.807, 2.05) is 42.7 Å². The molecular weight excluding hydrogens is 402 g/mol. The van der Waals surface area contributed by atoms with Gasteiger partial charge in [-0.05, 0) is 42.5 Å². The van der Waals surface area contributed by atoms with E-state index in [2.05, 4.69) is 27.9 Å². The van der Waals surface area contributed by atoms with E-state index in [1.54, 1.807) is 6.07 Å². The lowest BCUT2D eigenvalue weighted by atomic mass is 9.83. The molecule has 2 atom stereocenters. The van der Waals surface area contributed by atoms with E-state index in [4.69, 9.17) is 4.98 Å². The van der Waals surface area contributed by atoms with Gasteiger partial charge < -0.3 is 14.5 Å². The number of hydrogen-bond donors (Lipinski definition) is 1. The fourth-order valence-corrected chi connectivity index (χ4v) is 5.38. The third-order valence-electron chi connectivity index (χ3n) is 6.77. The predicted molar refractivity (Wildman–Crippen MR) is 126 cm³/mol. The van der Waals surface area contributed by atoms with Crippen molar-refractivity contribution >= 4 is 22.6 Å². The summed E-state index contributed by atoms with van der Waals surface area (Å²) >= 11 is 0. The van der Waals surface area contributed by atoms with Crippen LogP contribution in [0.5, 0.6) is 0 Å². The number of fused-ring (bicyclic) bond motifs is 5. The van der Waals surface area contributed by atoms with Crippen molar-refractivity contribution in [3.05, 3.63) is 58.3 Å². The number of anilines is 1. The van der Waals surface area contributed by atoms with Crippen LogP contribution in [-0.2, 0) is 24.9 Å². The monoisotopic (exact) mass is 433 g/mol. The lowest BCUT2D eigenvalue weighted by Gasteiger charge is -2.42. The smallest absolute Gasteiger partial charge is 0.250 e. The number of imidazole rings is 1. The van der Waals surface area contributed by atoms with Gasteiger partial charge in [-0.3, -0.25) is 14.5 Å². The second-order valence-electron chi connectivity index (χ2n) is 9.83. The molecule has 2 bridgehead atoms. The second kappa shape index (κ2) is 8.20. The number of likely N-dealkylation sites (tertiary alicyclic amines) is 1. The van der Waals surface area contributed by atoms with Crippen LogP contribution in [0.2, 0.25) is 0 Å². The number of hydrogen-bond acceptors (Lipinski definition) is 4. The third-order valence-corrected chi connectivity index (χ3v) is 6.77. The highest BCUT2D eigenvalue weighted by molar-refractivity contribution is 5.93. The molecule has 0 aliphatic carbocycles. The largest absolute Gasteiger partial charge is 0.330 e. The van der Waals surface area contributed by atoms with Crippen molar-refractivity contribution in [3.8, 4) is 0 Å². The van der Waals surface area contributed by atoms with Crippen LogP contribution in [0.4, 0.5) is 5.69 Å². The summed E-state index contributed by atoms with van der Waals surface area (Å²) in [5.41, 5.74) is 4.06. The van der Waals surface area contributed by atoms with Gasteiger partial charge >= 0.3 is 0 Å². The van der Waals surface area contributed by atoms with E-state index in [-0.39, 0.29) is 11.5 Å².